The molecule has 27 heavy (non-hydrogen) atoms. The van der Waals surface area contributed by atoms with Crippen LogP contribution in [0.3, 0.4) is 0 Å². The van der Waals surface area contributed by atoms with Crippen LogP contribution in [0.15, 0.2) is 30.3 Å². The number of ether oxygens (including phenoxy) is 1. The van der Waals surface area contributed by atoms with E-state index in [0.29, 0.717) is 27.6 Å². The van der Waals surface area contributed by atoms with Crippen LogP contribution in [0, 0.1) is 0 Å². The normalized spacial score (nSPS) is 19.2. The fraction of sp³-hybridized carbons (Fsp3) is 0.286. The fourth-order valence-electron chi connectivity index (χ4n) is 4.03. The third-order valence-corrected chi connectivity index (χ3v) is 5.57. The number of benzene rings is 3. The number of aliphatic hydroxyl groups excluding tert-OH is 1. The molecule has 4 N–H and O–H groups in total. The second kappa shape index (κ2) is 6.11. The molecule has 0 spiro atoms. The Balaban J connectivity index is 1.99. The van der Waals surface area contributed by atoms with Crippen molar-refractivity contribution in [1.82, 2.24) is 0 Å². The Morgan fingerprint density at radius 2 is 1.81 bits per heavy atom. The molecule has 0 saturated heterocycles. The van der Waals surface area contributed by atoms with Crippen LogP contribution >= 0.6 is 0 Å². The van der Waals surface area contributed by atoms with Crippen molar-refractivity contribution in [3.8, 4) is 17.2 Å². The highest BCUT2D eigenvalue weighted by Gasteiger charge is 2.41. The van der Waals surface area contributed by atoms with Gasteiger partial charge in [-0.3, -0.25) is 4.79 Å². The van der Waals surface area contributed by atoms with Crippen LogP contribution in [0.5, 0.6) is 17.2 Å². The lowest BCUT2D eigenvalue weighted by molar-refractivity contribution is -0.141. The van der Waals surface area contributed by atoms with Crippen molar-refractivity contribution in [3.63, 3.8) is 0 Å². The Kier molecular flexibility index (Phi) is 3.98. The van der Waals surface area contributed by atoms with E-state index in [1.165, 1.54) is 0 Å². The Labute approximate surface area is 155 Å². The molecular formula is C21H20O6. The molecule has 0 fully saturated rings. The molecule has 0 aromatic heterocycles. The molecule has 4 rings (SSSR count). The molecule has 0 radical (unpaired) electrons. The van der Waals surface area contributed by atoms with Crippen molar-refractivity contribution < 1.29 is 30.0 Å². The van der Waals surface area contributed by atoms with Crippen LogP contribution in [0.2, 0.25) is 0 Å². The lowest BCUT2D eigenvalue weighted by Crippen LogP contribution is -2.45. The van der Waals surface area contributed by atoms with Gasteiger partial charge in [-0.15, -0.1) is 0 Å². The first kappa shape index (κ1) is 17.6. The number of aliphatic hydroxyl groups is 2. The van der Waals surface area contributed by atoms with Gasteiger partial charge in [0.2, 0.25) is 0 Å². The SMILES string of the molecule is COc1cccc2cc3c(O)c4c(c(O)c3cc12)CCC(O)(C(=O)CO)C4. The fourth-order valence-corrected chi connectivity index (χ4v) is 4.03. The molecule has 0 amide bonds. The predicted octanol–water partition coefficient (Wildman–Crippen LogP) is 2.19. The summed E-state index contributed by atoms with van der Waals surface area (Å²) in [5, 5.41) is 44.0. The number of phenolic OH excluding ortho intramolecular Hbond substituents is 2. The smallest absolute Gasteiger partial charge is 0.189 e. The summed E-state index contributed by atoms with van der Waals surface area (Å²) in [6.07, 6.45) is 0.152. The van der Waals surface area contributed by atoms with Gasteiger partial charge in [0.05, 0.1) is 7.11 Å². The first-order valence-corrected chi connectivity index (χ1v) is 8.72. The van der Waals surface area contributed by atoms with E-state index < -0.39 is 18.0 Å². The molecule has 6 nitrogen and oxygen atoms in total. The number of hydrogen-bond acceptors (Lipinski definition) is 6. The van der Waals surface area contributed by atoms with E-state index >= 15 is 0 Å². The van der Waals surface area contributed by atoms with E-state index in [-0.39, 0.29) is 30.8 Å². The minimum Gasteiger partial charge on any atom is -0.507 e. The number of fused-ring (bicyclic) bond motifs is 3. The molecule has 0 saturated carbocycles. The van der Waals surface area contributed by atoms with Crippen LogP contribution in [0.25, 0.3) is 21.5 Å². The van der Waals surface area contributed by atoms with Gasteiger partial charge in [-0.2, -0.15) is 0 Å². The Morgan fingerprint density at radius 1 is 1.11 bits per heavy atom. The highest BCUT2D eigenvalue weighted by molar-refractivity contribution is 6.06. The minimum absolute atomic E-state index is 0.0316. The minimum atomic E-state index is -1.74. The maximum Gasteiger partial charge on any atom is 0.189 e. The number of phenols is 2. The van der Waals surface area contributed by atoms with Gasteiger partial charge in [0.1, 0.15) is 29.5 Å². The maximum atomic E-state index is 11.9. The van der Waals surface area contributed by atoms with Crippen molar-refractivity contribution in [1.29, 1.82) is 0 Å². The quantitative estimate of drug-likeness (QED) is 0.417. The number of rotatable bonds is 3. The average molecular weight is 368 g/mol. The standard InChI is InChI=1S/C21H20O6/c1-27-17-4-2-3-11-7-14-15(8-13(11)17)19(24)12-5-6-21(26,18(23)10-22)9-16(12)20(14)25/h2-4,7-8,22,24-26H,5-6,9-10H2,1H3. The number of carbonyl (C=O) groups excluding carboxylic acids is 1. The van der Waals surface area contributed by atoms with Gasteiger partial charge in [0, 0.05) is 33.7 Å². The topological polar surface area (TPSA) is 107 Å². The molecule has 0 bridgehead atoms. The third kappa shape index (κ3) is 2.52. The lowest BCUT2D eigenvalue weighted by atomic mass is 9.76. The van der Waals surface area contributed by atoms with Crippen molar-refractivity contribution in [3.05, 3.63) is 41.5 Å². The van der Waals surface area contributed by atoms with Gasteiger partial charge in [-0.25, -0.2) is 0 Å². The molecule has 1 aliphatic carbocycles. The second-order valence-corrected chi connectivity index (χ2v) is 7.02. The summed E-state index contributed by atoms with van der Waals surface area (Å²) in [4.78, 5) is 11.9. The molecule has 1 aliphatic rings. The summed E-state index contributed by atoms with van der Waals surface area (Å²) in [5.74, 6) is -0.0557. The van der Waals surface area contributed by atoms with Crippen LogP contribution < -0.4 is 4.74 Å². The van der Waals surface area contributed by atoms with Gasteiger partial charge in [0.15, 0.2) is 5.78 Å². The summed E-state index contributed by atoms with van der Waals surface area (Å²) in [6, 6.07) is 9.06. The predicted molar refractivity (Wildman–Crippen MR) is 100 cm³/mol. The van der Waals surface area contributed by atoms with Crippen LogP contribution in [-0.4, -0.2) is 45.5 Å². The van der Waals surface area contributed by atoms with Crippen LogP contribution in [-0.2, 0) is 17.6 Å². The summed E-state index contributed by atoms with van der Waals surface area (Å²) >= 11 is 0. The van der Waals surface area contributed by atoms with E-state index in [9.17, 15) is 20.1 Å². The molecule has 6 heteroatoms. The van der Waals surface area contributed by atoms with E-state index in [1.807, 2.05) is 18.2 Å². The van der Waals surface area contributed by atoms with Gasteiger partial charge in [-0.05, 0) is 36.4 Å². The van der Waals surface area contributed by atoms with Gasteiger partial charge < -0.3 is 25.2 Å². The van der Waals surface area contributed by atoms with Crippen LogP contribution in [0.1, 0.15) is 17.5 Å². The molecule has 0 heterocycles. The lowest BCUT2D eigenvalue weighted by Gasteiger charge is -2.33. The van der Waals surface area contributed by atoms with E-state index in [1.54, 1.807) is 19.2 Å². The molecular weight excluding hydrogens is 348 g/mol. The molecule has 3 aromatic carbocycles. The molecule has 140 valence electrons. The van der Waals surface area contributed by atoms with Crippen molar-refractivity contribution >= 4 is 27.3 Å². The monoisotopic (exact) mass is 368 g/mol. The molecule has 1 unspecified atom stereocenters. The maximum absolute atomic E-state index is 11.9. The summed E-state index contributed by atoms with van der Waals surface area (Å²) in [5.41, 5.74) is -0.873. The zero-order chi connectivity index (χ0) is 19.3. The van der Waals surface area contributed by atoms with E-state index in [0.717, 1.165) is 10.8 Å². The van der Waals surface area contributed by atoms with E-state index in [2.05, 4.69) is 0 Å². The summed E-state index contributed by atoms with van der Waals surface area (Å²) in [7, 11) is 1.57. The average Bonchev–Trinajstić information content (AvgIpc) is 2.69. The Hall–Kier alpha value is -2.83. The van der Waals surface area contributed by atoms with Gasteiger partial charge in [-0.1, -0.05) is 12.1 Å². The largest absolute Gasteiger partial charge is 0.507 e. The first-order chi connectivity index (χ1) is 12.9. The van der Waals surface area contributed by atoms with Gasteiger partial charge in [0.25, 0.3) is 0 Å². The van der Waals surface area contributed by atoms with Crippen molar-refractivity contribution in [2.24, 2.45) is 0 Å². The second-order valence-electron chi connectivity index (χ2n) is 7.02. The van der Waals surface area contributed by atoms with Crippen molar-refractivity contribution in [2.45, 2.75) is 24.9 Å². The number of Topliss-reactive ketones (excluding diaryl/α,β-unsaturated/α-hetero) is 1. The molecule has 3 aromatic rings. The summed E-state index contributed by atoms with van der Waals surface area (Å²) < 4.78 is 5.39. The van der Waals surface area contributed by atoms with Crippen LogP contribution in [0.4, 0.5) is 0 Å². The third-order valence-electron chi connectivity index (χ3n) is 5.57. The number of methoxy groups -OCH3 is 1. The van der Waals surface area contributed by atoms with Crippen molar-refractivity contribution in [2.75, 3.05) is 13.7 Å². The Bertz CT molecular complexity index is 1090. The highest BCUT2D eigenvalue weighted by Crippen LogP contribution is 2.46. The number of aromatic hydroxyl groups is 2. The highest BCUT2D eigenvalue weighted by atomic mass is 16.5. The zero-order valence-corrected chi connectivity index (χ0v) is 14.8. The van der Waals surface area contributed by atoms with Gasteiger partial charge >= 0.3 is 0 Å². The number of hydrogen-bond donors (Lipinski definition) is 4. The first-order valence-electron chi connectivity index (χ1n) is 8.72. The Morgan fingerprint density at radius 3 is 2.52 bits per heavy atom. The number of carbonyl (C=O) groups is 1. The molecule has 1 atom stereocenters. The zero-order valence-electron chi connectivity index (χ0n) is 14.8. The molecule has 0 aliphatic heterocycles. The number of ketones is 1. The summed E-state index contributed by atoms with van der Waals surface area (Å²) in [6.45, 7) is -0.767. The van der Waals surface area contributed by atoms with E-state index in [4.69, 9.17) is 9.84 Å².